The topological polar surface area (TPSA) is 50.7 Å². The van der Waals surface area contributed by atoms with Gasteiger partial charge >= 0.3 is 0 Å². The molecule has 5 heteroatoms. The van der Waals surface area contributed by atoms with Crippen molar-refractivity contribution in [1.82, 2.24) is 5.43 Å². The second kappa shape index (κ2) is 9.69. The third-order valence-corrected chi connectivity index (χ3v) is 3.95. The molecular formula is C18H20N2O2S. The molecule has 0 saturated carbocycles. The van der Waals surface area contributed by atoms with Crippen molar-refractivity contribution in [2.75, 3.05) is 12.4 Å². The van der Waals surface area contributed by atoms with E-state index in [0.717, 1.165) is 22.0 Å². The van der Waals surface area contributed by atoms with Crippen LogP contribution in [0.5, 0.6) is 5.75 Å². The molecule has 0 aromatic heterocycles. The minimum absolute atomic E-state index is 0.0874. The molecule has 0 aliphatic rings. The number of amides is 1. The number of nitrogens with zero attached hydrogens (tertiary/aromatic N) is 1. The van der Waals surface area contributed by atoms with Gasteiger partial charge in [-0.25, -0.2) is 5.43 Å². The van der Waals surface area contributed by atoms with E-state index < -0.39 is 0 Å². The molecule has 0 saturated heterocycles. The van der Waals surface area contributed by atoms with Crippen LogP contribution < -0.4 is 10.2 Å². The number of benzene rings is 2. The van der Waals surface area contributed by atoms with E-state index in [0.29, 0.717) is 13.0 Å². The average Bonchev–Trinajstić information content (AvgIpc) is 2.58. The Bertz CT molecular complexity index is 627. The van der Waals surface area contributed by atoms with Gasteiger partial charge in [-0.2, -0.15) is 5.10 Å². The summed E-state index contributed by atoms with van der Waals surface area (Å²) in [5.74, 6) is 1.47. The first-order chi connectivity index (χ1) is 11.3. The van der Waals surface area contributed by atoms with Gasteiger partial charge in [-0.1, -0.05) is 18.2 Å². The number of hydrazone groups is 1. The first kappa shape index (κ1) is 17.1. The van der Waals surface area contributed by atoms with Crippen LogP contribution in [0.1, 0.15) is 18.9 Å². The van der Waals surface area contributed by atoms with E-state index in [-0.39, 0.29) is 5.91 Å². The third-order valence-electron chi connectivity index (χ3n) is 2.94. The molecule has 0 aliphatic heterocycles. The zero-order valence-corrected chi connectivity index (χ0v) is 13.9. The van der Waals surface area contributed by atoms with Crippen LogP contribution in [0.15, 0.2) is 64.6 Å². The fraction of sp³-hybridized carbons (Fsp3) is 0.222. The Morgan fingerprint density at radius 3 is 2.61 bits per heavy atom. The number of carbonyl (C=O) groups is 1. The lowest BCUT2D eigenvalue weighted by Gasteiger charge is -2.02. The minimum atomic E-state index is -0.0874. The van der Waals surface area contributed by atoms with E-state index in [2.05, 4.69) is 10.5 Å². The summed E-state index contributed by atoms with van der Waals surface area (Å²) in [6.07, 6.45) is 2.05. The van der Waals surface area contributed by atoms with E-state index in [4.69, 9.17) is 4.74 Å². The van der Waals surface area contributed by atoms with Crippen molar-refractivity contribution in [3.63, 3.8) is 0 Å². The molecule has 1 N–H and O–H groups in total. The van der Waals surface area contributed by atoms with Crippen molar-refractivity contribution >= 4 is 23.9 Å². The summed E-state index contributed by atoms with van der Waals surface area (Å²) in [7, 11) is 0. The smallest absolute Gasteiger partial charge is 0.240 e. The standard InChI is InChI=1S/C18H20N2O2S/c1-2-22-16-10-8-15(9-11-16)14-19-20-18(21)12-13-23-17-6-4-3-5-7-17/h3-11,14H,2,12-13H2,1H3,(H,20,21)/b19-14+. The van der Waals surface area contributed by atoms with Crippen LogP contribution >= 0.6 is 11.8 Å². The Morgan fingerprint density at radius 2 is 1.91 bits per heavy atom. The fourth-order valence-electron chi connectivity index (χ4n) is 1.83. The van der Waals surface area contributed by atoms with Crippen LogP contribution in [0.3, 0.4) is 0 Å². The predicted octanol–water partition coefficient (Wildman–Crippen LogP) is 3.72. The Balaban J connectivity index is 1.69. The Morgan fingerprint density at radius 1 is 1.17 bits per heavy atom. The molecule has 0 heterocycles. The summed E-state index contributed by atoms with van der Waals surface area (Å²) in [6, 6.07) is 17.6. The molecule has 2 aromatic rings. The monoisotopic (exact) mass is 328 g/mol. The van der Waals surface area contributed by atoms with E-state index in [9.17, 15) is 4.79 Å². The molecule has 0 spiro atoms. The lowest BCUT2D eigenvalue weighted by atomic mass is 10.2. The molecule has 1 amide bonds. The molecule has 0 bridgehead atoms. The average molecular weight is 328 g/mol. The normalized spacial score (nSPS) is 10.7. The molecule has 2 rings (SSSR count). The minimum Gasteiger partial charge on any atom is -0.494 e. The van der Waals surface area contributed by atoms with Crippen LogP contribution in [-0.2, 0) is 4.79 Å². The Kier molecular flexibility index (Phi) is 7.20. The number of thioether (sulfide) groups is 1. The lowest BCUT2D eigenvalue weighted by molar-refractivity contribution is -0.120. The molecule has 0 atom stereocenters. The summed E-state index contributed by atoms with van der Waals surface area (Å²) >= 11 is 1.66. The van der Waals surface area contributed by atoms with Gasteiger partial charge in [0.2, 0.25) is 5.91 Å². The van der Waals surface area contributed by atoms with Crippen LogP contribution in [0.2, 0.25) is 0 Å². The predicted molar refractivity (Wildman–Crippen MR) is 95.1 cm³/mol. The molecule has 23 heavy (non-hydrogen) atoms. The van der Waals surface area contributed by atoms with Crippen LogP contribution in [-0.4, -0.2) is 24.5 Å². The van der Waals surface area contributed by atoms with Crippen molar-refractivity contribution in [1.29, 1.82) is 0 Å². The Hall–Kier alpha value is -2.27. The summed E-state index contributed by atoms with van der Waals surface area (Å²) in [5.41, 5.74) is 3.45. The zero-order chi connectivity index (χ0) is 16.3. The number of nitrogens with one attached hydrogen (secondary N) is 1. The number of rotatable bonds is 8. The molecule has 0 radical (unpaired) electrons. The van der Waals surface area contributed by atoms with E-state index in [1.54, 1.807) is 18.0 Å². The molecule has 0 unspecified atom stereocenters. The van der Waals surface area contributed by atoms with Crippen molar-refractivity contribution in [2.45, 2.75) is 18.2 Å². The molecule has 120 valence electrons. The van der Waals surface area contributed by atoms with E-state index >= 15 is 0 Å². The highest BCUT2D eigenvalue weighted by molar-refractivity contribution is 7.99. The highest BCUT2D eigenvalue weighted by Gasteiger charge is 2.00. The molecule has 2 aromatic carbocycles. The van der Waals surface area contributed by atoms with Crippen molar-refractivity contribution in [3.8, 4) is 5.75 Å². The fourth-order valence-corrected chi connectivity index (χ4v) is 2.70. The SMILES string of the molecule is CCOc1ccc(/C=N/NC(=O)CCSc2ccccc2)cc1. The molecule has 4 nitrogen and oxygen atoms in total. The van der Waals surface area contributed by atoms with Gasteiger partial charge in [0.25, 0.3) is 0 Å². The molecule has 0 fully saturated rings. The van der Waals surface area contributed by atoms with Gasteiger partial charge in [0.15, 0.2) is 0 Å². The van der Waals surface area contributed by atoms with Gasteiger partial charge in [-0.05, 0) is 48.9 Å². The first-order valence-electron chi connectivity index (χ1n) is 7.50. The maximum Gasteiger partial charge on any atom is 0.240 e. The summed E-state index contributed by atoms with van der Waals surface area (Å²) in [5, 5.41) is 3.97. The Labute approximate surface area is 140 Å². The maximum absolute atomic E-state index is 11.7. The third kappa shape index (κ3) is 6.57. The van der Waals surface area contributed by atoms with Gasteiger partial charge in [0.05, 0.1) is 12.8 Å². The van der Waals surface area contributed by atoms with E-state index in [1.165, 1.54) is 0 Å². The summed E-state index contributed by atoms with van der Waals surface area (Å²) < 4.78 is 5.37. The van der Waals surface area contributed by atoms with Crippen LogP contribution in [0.4, 0.5) is 0 Å². The van der Waals surface area contributed by atoms with Gasteiger partial charge in [-0.3, -0.25) is 4.79 Å². The largest absolute Gasteiger partial charge is 0.494 e. The highest BCUT2D eigenvalue weighted by atomic mass is 32.2. The number of hydrogen-bond donors (Lipinski definition) is 1. The van der Waals surface area contributed by atoms with Crippen molar-refractivity contribution in [2.24, 2.45) is 5.10 Å². The van der Waals surface area contributed by atoms with E-state index in [1.807, 2.05) is 61.5 Å². The second-order valence-corrected chi connectivity index (χ2v) is 5.88. The van der Waals surface area contributed by atoms with Gasteiger partial charge in [0, 0.05) is 17.1 Å². The van der Waals surface area contributed by atoms with Gasteiger partial charge < -0.3 is 4.74 Å². The highest BCUT2D eigenvalue weighted by Crippen LogP contribution is 2.17. The maximum atomic E-state index is 11.7. The number of ether oxygens (including phenoxy) is 1. The number of carbonyl (C=O) groups excluding carboxylic acids is 1. The van der Waals surface area contributed by atoms with Gasteiger partial charge in [-0.15, -0.1) is 11.8 Å². The van der Waals surface area contributed by atoms with Crippen molar-refractivity contribution in [3.05, 3.63) is 60.2 Å². The molecule has 0 aliphatic carbocycles. The number of hydrogen-bond acceptors (Lipinski definition) is 4. The summed E-state index contributed by atoms with van der Waals surface area (Å²) in [6.45, 7) is 2.59. The second-order valence-electron chi connectivity index (χ2n) is 4.71. The first-order valence-corrected chi connectivity index (χ1v) is 8.49. The zero-order valence-electron chi connectivity index (χ0n) is 13.1. The van der Waals surface area contributed by atoms with Crippen LogP contribution in [0, 0.1) is 0 Å². The summed E-state index contributed by atoms with van der Waals surface area (Å²) in [4.78, 5) is 12.9. The van der Waals surface area contributed by atoms with Crippen molar-refractivity contribution < 1.29 is 9.53 Å². The quantitative estimate of drug-likeness (QED) is 0.456. The van der Waals surface area contributed by atoms with Gasteiger partial charge in [0.1, 0.15) is 5.75 Å². The lowest BCUT2D eigenvalue weighted by Crippen LogP contribution is -2.17. The molecular weight excluding hydrogens is 308 g/mol. The van der Waals surface area contributed by atoms with Crippen LogP contribution in [0.25, 0.3) is 0 Å².